The van der Waals surface area contributed by atoms with Crippen LogP contribution in [0, 0.1) is 5.92 Å². The molecule has 1 aliphatic rings. The predicted molar refractivity (Wildman–Crippen MR) is 99.8 cm³/mol. The van der Waals surface area contributed by atoms with Crippen LogP contribution >= 0.6 is 0 Å². The maximum absolute atomic E-state index is 4.52. The molecule has 0 aromatic rings. The summed E-state index contributed by atoms with van der Waals surface area (Å²) >= 11 is 0. The van der Waals surface area contributed by atoms with Crippen molar-refractivity contribution < 1.29 is 0 Å². The van der Waals surface area contributed by atoms with Gasteiger partial charge in [-0.25, -0.2) is 0 Å². The van der Waals surface area contributed by atoms with E-state index in [4.69, 9.17) is 0 Å². The van der Waals surface area contributed by atoms with Crippen LogP contribution in [0.15, 0.2) is 4.99 Å². The number of unbranched alkanes of at least 4 members (excludes halogenated alkanes) is 12. The first-order chi connectivity index (χ1) is 10.8. The summed E-state index contributed by atoms with van der Waals surface area (Å²) in [6, 6.07) is 0. The highest BCUT2D eigenvalue weighted by Gasteiger charge is 2.12. The molecule has 1 N–H and O–H groups in total. The second kappa shape index (κ2) is 14.1. The summed E-state index contributed by atoms with van der Waals surface area (Å²) < 4.78 is 0. The number of nitrogens with zero attached hydrogens (tertiary/aromatic N) is 1. The summed E-state index contributed by atoms with van der Waals surface area (Å²) in [6.45, 7) is 6.65. The van der Waals surface area contributed by atoms with Crippen molar-refractivity contribution in [1.29, 1.82) is 0 Å². The van der Waals surface area contributed by atoms with E-state index in [9.17, 15) is 0 Å². The SMILES string of the molecule is CCCCCCCCCCCCCCC[C@H](C)C1=NCCN1. The standard InChI is InChI=1S/C20H40N2/c1-3-4-5-6-7-8-9-10-11-12-13-14-15-16-19(2)20-21-17-18-22-20/h19H,3-18H2,1-2H3,(H,21,22)/t19-/m0/s1. The van der Waals surface area contributed by atoms with Crippen molar-refractivity contribution >= 4 is 5.84 Å². The van der Waals surface area contributed by atoms with Crippen LogP contribution in [0.5, 0.6) is 0 Å². The predicted octanol–water partition coefficient (Wildman–Crippen LogP) is 6.11. The van der Waals surface area contributed by atoms with Gasteiger partial charge in [0.15, 0.2) is 0 Å². The molecule has 0 saturated heterocycles. The molecule has 0 bridgehead atoms. The van der Waals surface area contributed by atoms with E-state index >= 15 is 0 Å². The van der Waals surface area contributed by atoms with Crippen LogP contribution in [0.3, 0.4) is 0 Å². The fourth-order valence-electron chi connectivity index (χ4n) is 3.35. The fraction of sp³-hybridized carbons (Fsp3) is 0.950. The maximum Gasteiger partial charge on any atom is 0.0993 e. The molecule has 1 atom stereocenters. The second-order valence-electron chi connectivity index (χ2n) is 7.13. The van der Waals surface area contributed by atoms with Crippen LogP contribution in [0.1, 0.15) is 104 Å². The van der Waals surface area contributed by atoms with E-state index in [0.29, 0.717) is 5.92 Å². The highest BCUT2D eigenvalue weighted by Crippen LogP contribution is 2.15. The van der Waals surface area contributed by atoms with Gasteiger partial charge in [0.05, 0.1) is 12.4 Å². The molecule has 0 saturated carbocycles. The van der Waals surface area contributed by atoms with E-state index in [1.165, 1.54) is 95.7 Å². The number of hydrogen-bond acceptors (Lipinski definition) is 2. The molecule has 130 valence electrons. The maximum atomic E-state index is 4.52. The molecule has 0 unspecified atom stereocenters. The van der Waals surface area contributed by atoms with Crippen LogP contribution in [0.2, 0.25) is 0 Å². The zero-order valence-electron chi connectivity index (χ0n) is 15.3. The van der Waals surface area contributed by atoms with Gasteiger partial charge in [0.2, 0.25) is 0 Å². The Morgan fingerprint density at radius 1 is 0.818 bits per heavy atom. The Morgan fingerprint density at radius 3 is 1.77 bits per heavy atom. The average molecular weight is 309 g/mol. The van der Waals surface area contributed by atoms with Gasteiger partial charge in [-0.3, -0.25) is 4.99 Å². The first-order valence-electron chi connectivity index (χ1n) is 10.1. The smallest absolute Gasteiger partial charge is 0.0993 e. The molecule has 0 amide bonds. The lowest BCUT2D eigenvalue weighted by molar-refractivity contribution is 0.524. The van der Waals surface area contributed by atoms with E-state index < -0.39 is 0 Å². The van der Waals surface area contributed by atoms with E-state index in [2.05, 4.69) is 24.2 Å². The van der Waals surface area contributed by atoms with Gasteiger partial charge in [-0.1, -0.05) is 97.3 Å². The second-order valence-corrected chi connectivity index (χ2v) is 7.13. The van der Waals surface area contributed by atoms with Crippen molar-refractivity contribution in [2.75, 3.05) is 13.1 Å². The molecular weight excluding hydrogens is 268 g/mol. The molecule has 0 aromatic carbocycles. The normalized spacial score (nSPS) is 15.6. The Morgan fingerprint density at radius 2 is 1.32 bits per heavy atom. The van der Waals surface area contributed by atoms with Gasteiger partial charge in [0.25, 0.3) is 0 Å². The molecule has 1 rings (SSSR count). The van der Waals surface area contributed by atoms with Crippen molar-refractivity contribution in [3.8, 4) is 0 Å². The summed E-state index contributed by atoms with van der Waals surface area (Å²) in [5, 5.41) is 3.40. The molecule has 22 heavy (non-hydrogen) atoms. The van der Waals surface area contributed by atoms with Crippen LogP contribution in [-0.2, 0) is 0 Å². The van der Waals surface area contributed by atoms with Crippen LogP contribution in [0.4, 0.5) is 0 Å². The van der Waals surface area contributed by atoms with Gasteiger partial charge < -0.3 is 5.32 Å². The van der Waals surface area contributed by atoms with Gasteiger partial charge in [-0.15, -0.1) is 0 Å². The quantitative estimate of drug-likeness (QED) is 0.363. The van der Waals surface area contributed by atoms with E-state index in [1.807, 2.05) is 0 Å². The van der Waals surface area contributed by atoms with Crippen molar-refractivity contribution in [3.63, 3.8) is 0 Å². The number of aliphatic imine (C=N–C) groups is 1. The Labute approximate surface area is 139 Å². The monoisotopic (exact) mass is 308 g/mol. The van der Waals surface area contributed by atoms with Crippen LogP contribution in [-0.4, -0.2) is 18.9 Å². The zero-order chi connectivity index (χ0) is 15.9. The van der Waals surface area contributed by atoms with Gasteiger partial charge in [-0.2, -0.15) is 0 Å². The molecular formula is C20H40N2. The lowest BCUT2D eigenvalue weighted by Crippen LogP contribution is -2.25. The Balaban J connectivity index is 1.74. The summed E-state index contributed by atoms with van der Waals surface area (Å²) in [7, 11) is 0. The van der Waals surface area contributed by atoms with E-state index in [1.54, 1.807) is 0 Å². The largest absolute Gasteiger partial charge is 0.372 e. The average Bonchev–Trinajstić information content (AvgIpc) is 3.06. The molecule has 1 heterocycles. The third-order valence-corrected chi connectivity index (χ3v) is 4.91. The Kier molecular flexibility index (Phi) is 12.5. The van der Waals surface area contributed by atoms with Crippen LogP contribution in [0.25, 0.3) is 0 Å². The molecule has 1 aliphatic heterocycles. The number of rotatable bonds is 15. The van der Waals surface area contributed by atoms with E-state index in [-0.39, 0.29) is 0 Å². The molecule has 0 spiro atoms. The minimum absolute atomic E-state index is 0.648. The summed E-state index contributed by atoms with van der Waals surface area (Å²) in [4.78, 5) is 4.52. The Bertz CT molecular complexity index is 273. The first kappa shape index (κ1) is 19.5. The summed E-state index contributed by atoms with van der Waals surface area (Å²) in [5.41, 5.74) is 0. The molecule has 2 heteroatoms. The summed E-state index contributed by atoms with van der Waals surface area (Å²) in [6.07, 6.45) is 20.0. The highest BCUT2D eigenvalue weighted by molar-refractivity contribution is 5.85. The number of nitrogens with one attached hydrogen (secondary N) is 1. The van der Waals surface area contributed by atoms with E-state index in [0.717, 1.165) is 13.1 Å². The molecule has 2 nitrogen and oxygen atoms in total. The van der Waals surface area contributed by atoms with Gasteiger partial charge in [0, 0.05) is 12.5 Å². The first-order valence-corrected chi connectivity index (χ1v) is 10.1. The third-order valence-electron chi connectivity index (χ3n) is 4.91. The van der Waals surface area contributed by atoms with Crippen molar-refractivity contribution in [3.05, 3.63) is 0 Å². The molecule has 0 aliphatic carbocycles. The van der Waals surface area contributed by atoms with Crippen molar-refractivity contribution in [2.45, 2.75) is 104 Å². The molecule has 0 aromatic heterocycles. The third kappa shape index (κ3) is 10.2. The highest BCUT2D eigenvalue weighted by atomic mass is 15.1. The van der Waals surface area contributed by atoms with Crippen molar-refractivity contribution in [2.24, 2.45) is 10.9 Å². The number of hydrogen-bond donors (Lipinski definition) is 1. The van der Waals surface area contributed by atoms with Crippen LogP contribution < -0.4 is 5.32 Å². The fourth-order valence-corrected chi connectivity index (χ4v) is 3.35. The molecule has 0 radical (unpaired) electrons. The van der Waals surface area contributed by atoms with Gasteiger partial charge >= 0.3 is 0 Å². The van der Waals surface area contributed by atoms with Crippen molar-refractivity contribution in [1.82, 2.24) is 5.32 Å². The Hall–Kier alpha value is -0.530. The van der Waals surface area contributed by atoms with Gasteiger partial charge in [-0.05, 0) is 6.42 Å². The minimum Gasteiger partial charge on any atom is -0.372 e. The number of amidine groups is 1. The summed E-state index contributed by atoms with van der Waals surface area (Å²) in [5.74, 6) is 1.91. The topological polar surface area (TPSA) is 24.4 Å². The molecule has 0 fully saturated rings. The van der Waals surface area contributed by atoms with Gasteiger partial charge in [0.1, 0.15) is 0 Å². The lowest BCUT2D eigenvalue weighted by Gasteiger charge is -2.11. The zero-order valence-corrected chi connectivity index (χ0v) is 15.3. The lowest BCUT2D eigenvalue weighted by atomic mass is 10.0. The minimum atomic E-state index is 0.648.